The Morgan fingerprint density at radius 2 is 2.12 bits per heavy atom. The van der Waals surface area contributed by atoms with Gasteiger partial charge in [-0.2, -0.15) is 0 Å². The van der Waals surface area contributed by atoms with Gasteiger partial charge in [-0.05, 0) is 31.7 Å². The summed E-state index contributed by atoms with van der Waals surface area (Å²) in [5.41, 5.74) is 0.887. The molecule has 6 heteroatoms. The highest BCUT2D eigenvalue weighted by atomic mass is 16.5. The number of carboxylic acid groups (broad SMARTS) is 1. The van der Waals surface area contributed by atoms with E-state index in [1.54, 1.807) is 6.92 Å². The first-order valence-corrected chi connectivity index (χ1v) is 8.36. The topological polar surface area (TPSA) is 84.9 Å². The highest BCUT2D eigenvalue weighted by Crippen LogP contribution is 2.19. The molecule has 0 radical (unpaired) electrons. The number of rotatable bonds is 9. The molecule has 3 atom stereocenters. The van der Waals surface area contributed by atoms with Crippen LogP contribution in [0.5, 0.6) is 0 Å². The van der Waals surface area contributed by atoms with E-state index >= 15 is 0 Å². The van der Waals surface area contributed by atoms with Crippen molar-refractivity contribution in [2.75, 3.05) is 13.2 Å². The molecule has 1 saturated heterocycles. The van der Waals surface area contributed by atoms with Crippen LogP contribution in [-0.4, -0.2) is 42.4 Å². The molecule has 1 aromatic carbocycles. The highest BCUT2D eigenvalue weighted by Gasteiger charge is 2.22. The largest absolute Gasteiger partial charge is 0.481 e. The predicted molar refractivity (Wildman–Crippen MR) is 88.6 cm³/mol. The van der Waals surface area contributed by atoms with Crippen LogP contribution in [0.25, 0.3) is 0 Å². The number of ether oxygens (including phenoxy) is 2. The van der Waals surface area contributed by atoms with Crippen molar-refractivity contribution in [1.82, 2.24) is 5.32 Å². The first-order valence-electron chi connectivity index (χ1n) is 8.36. The minimum absolute atomic E-state index is 0.00894. The summed E-state index contributed by atoms with van der Waals surface area (Å²) in [5.74, 6) is -1.12. The van der Waals surface area contributed by atoms with E-state index < -0.39 is 12.1 Å². The fraction of sp³-hybridized carbons (Fsp3) is 0.556. The molecule has 24 heavy (non-hydrogen) atoms. The molecule has 132 valence electrons. The van der Waals surface area contributed by atoms with Gasteiger partial charge in [0.2, 0.25) is 5.91 Å². The minimum atomic E-state index is -0.882. The molecule has 1 aliphatic heterocycles. The lowest BCUT2D eigenvalue weighted by Gasteiger charge is -2.22. The summed E-state index contributed by atoms with van der Waals surface area (Å²) in [6.45, 7) is 2.85. The number of carbonyl (C=O) groups is 2. The number of hydrogen-bond donors (Lipinski definition) is 2. The quantitative estimate of drug-likeness (QED) is 0.723. The Bertz CT molecular complexity index is 527. The summed E-state index contributed by atoms with van der Waals surface area (Å²) in [5, 5.41) is 11.8. The van der Waals surface area contributed by atoms with Crippen LogP contribution in [0.3, 0.4) is 0 Å². The van der Waals surface area contributed by atoms with Crippen LogP contribution < -0.4 is 5.32 Å². The van der Waals surface area contributed by atoms with Gasteiger partial charge in [-0.3, -0.25) is 9.59 Å². The molecule has 2 rings (SSSR count). The van der Waals surface area contributed by atoms with Gasteiger partial charge in [0.25, 0.3) is 0 Å². The molecule has 2 N–H and O–H groups in total. The molecular weight excluding hydrogens is 310 g/mol. The number of aliphatic carboxylic acids is 1. The molecule has 1 aliphatic rings. The maximum Gasteiger partial charge on any atom is 0.303 e. The van der Waals surface area contributed by atoms with Gasteiger partial charge in [-0.1, -0.05) is 30.3 Å². The minimum Gasteiger partial charge on any atom is -0.481 e. The molecular formula is C18H25NO5. The molecule has 0 aliphatic carbocycles. The third kappa shape index (κ3) is 5.94. The van der Waals surface area contributed by atoms with Crippen molar-refractivity contribution in [2.45, 2.75) is 50.9 Å². The standard InChI is InChI=1S/C18H25NO5/c1-13(24-12-15-8-5-11-23-15)18(22)19-16(9-10-17(20)21)14-6-3-2-4-7-14/h2-4,6-7,13,15-16H,5,8-12H2,1H3,(H,19,22)(H,20,21). The monoisotopic (exact) mass is 335 g/mol. The Morgan fingerprint density at radius 1 is 1.38 bits per heavy atom. The fourth-order valence-electron chi connectivity index (χ4n) is 2.67. The SMILES string of the molecule is CC(OCC1CCCO1)C(=O)NC(CCC(=O)O)c1ccccc1. The van der Waals surface area contributed by atoms with Gasteiger partial charge in [0, 0.05) is 13.0 Å². The average Bonchev–Trinajstić information content (AvgIpc) is 3.10. The van der Waals surface area contributed by atoms with Crippen molar-refractivity contribution in [3.63, 3.8) is 0 Å². The van der Waals surface area contributed by atoms with Crippen LogP contribution in [0.4, 0.5) is 0 Å². The zero-order valence-corrected chi connectivity index (χ0v) is 13.9. The first kappa shape index (κ1) is 18.4. The zero-order valence-electron chi connectivity index (χ0n) is 13.9. The Morgan fingerprint density at radius 3 is 2.75 bits per heavy atom. The normalized spacial score (nSPS) is 19.6. The van der Waals surface area contributed by atoms with Crippen LogP contribution in [0.2, 0.25) is 0 Å². The van der Waals surface area contributed by atoms with Gasteiger partial charge in [0.05, 0.1) is 18.8 Å². The second kappa shape index (κ2) is 9.39. The van der Waals surface area contributed by atoms with E-state index in [0.29, 0.717) is 13.0 Å². The lowest BCUT2D eigenvalue weighted by molar-refractivity contribution is -0.138. The van der Waals surface area contributed by atoms with Gasteiger partial charge in [-0.25, -0.2) is 0 Å². The van der Waals surface area contributed by atoms with E-state index in [1.807, 2.05) is 30.3 Å². The van der Waals surface area contributed by atoms with Gasteiger partial charge in [-0.15, -0.1) is 0 Å². The number of hydrogen-bond acceptors (Lipinski definition) is 4. The van der Waals surface area contributed by atoms with Crippen LogP contribution in [0.1, 0.15) is 44.2 Å². The van der Waals surface area contributed by atoms with Crippen molar-refractivity contribution >= 4 is 11.9 Å². The Labute approximate surface area is 142 Å². The molecule has 0 bridgehead atoms. The second-order valence-electron chi connectivity index (χ2n) is 6.01. The van der Waals surface area contributed by atoms with E-state index in [2.05, 4.69) is 5.32 Å². The van der Waals surface area contributed by atoms with Gasteiger partial charge in [0.1, 0.15) is 6.10 Å². The predicted octanol–water partition coefficient (Wildman–Crippen LogP) is 2.29. The van der Waals surface area contributed by atoms with E-state index in [9.17, 15) is 9.59 Å². The number of carboxylic acids is 1. The van der Waals surface area contributed by atoms with Crippen LogP contribution in [0.15, 0.2) is 30.3 Å². The molecule has 6 nitrogen and oxygen atoms in total. The zero-order chi connectivity index (χ0) is 17.4. The molecule has 1 aromatic rings. The third-order valence-electron chi connectivity index (χ3n) is 4.09. The van der Waals surface area contributed by atoms with Gasteiger partial charge in [0.15, 0.2) is 0 Å². The molecule has 1 heterocycles. The third-order valence-corrected chi connectivity index (χ3v) is 4.09. The van der Waals surface area contributed by atoms with Crippen molar-refractivity contribution in [2.24, 2.45) is 0 Å². The Hall–Kier alpha value is -1.92. The van der Waals surface area contributed by atoms with Crippen LogP contribution in [0, 0.1) is 0 Å². The smallest absolute Gasteiger partial charge is 0.303 e. The molecule has 0 aromatic heterocycles. The van der Waals surface area contributed by atoms with E-state index in [1.165, 1.54) is 0 Å². The average molecular weight is 335 g/mol. The summed E-state index contributed by atoms with van der Waals surface area (Å²) in [6, 6.07) is 9.03. The van der Waals surface area contributed by atoms with E-state index in [4.69, 9.17) is 14.6 Å². The lowest BCUT2D eigenvalue weighted by Crippen LogP contribution is -2.38. The van der Waals surface area contributed by atoms with Crippen molar-refractivity contribution in [1.29, 1.82) is 0 Å². The number of carbonyl (C=O) groups excluding carboxylic acids is 1. The maximum absolute atomic E-state index is 12.4. The van der Waals surface area contributed by atoms with Crippen molar-refractivity contribution < 1.29 is 24.2 Å². The highest BCUT2D eigenvalue weighted by molar-refractivity contribution is 5.80. The fourth-order valence-corrected chi connectivity index (χ4v) is 2.67. The number of nitrogens with one attached hydrogen (secondary N) is 1. The lowest BCUT2D eigenvalue weighted by atomic mass is 10.0. The van der Waals surface area contributed by atoms with Crippen molar-refractivity contribution in [3.05, 3.63) is 35.9 Å². The summed E-state index contributed by atoms with van der Waals surface area (Å²) >= 11 is 0. The molecule has 0 saturated carbocycles. The number of amides is 1. The van der Waals surface area contributed by atoms with Crippen molar-refractivity contribution in [3.8, 4) is 0 Å². The Balaban J connectivity index is 1.88. The van der Waals surface area contributed by atoms with Crippen LogP contribution in [-0.2, 0) is 19.1 Å². The molecule has 1 fully saturated rings. The Kier molecular flexibility index (Phi) is 7.21. The molecule has 3 unspecified atom stereocenters. The number of benzene rings is 1. The van der Waals surface area contributed by atoms with Crippen LogP contribution >= 0.6 is 0 Å². The first-order chi connectivity index (χ1) is 11.6. The second-order valence-corrected chi connectivity index (χ2v) is 6.01. The van der Waals surface area contributed by atoms with E-state index in [0.717, 1.165) is 25.0 Å². The molecule has 0 spiro atoms. The van der Waals surface area contributed by atoms with Gasteiger partial charge >= 0.3 is 5.97 Å². The summed E-state index contributed by atoms with van der Waals surface area (Å²) in [4.78, 5) is 23.2. The van der Waals surface area contributed by atoms with E-state index in [-0.39, 0.29) is 24.5 Å². The summed E-state index contributed by atoms with van der Waals surface area (Å²) < 4.78 is 11.1. The summed E-state index contributed by atoms with van der Waals surface area (Å²) in [7, 11) is 0. The summed E-state index contributed by atoms with van der Waals surface area (Å²) in [6.07, 6.45) is 1.77. The molecule has 1 amide bonds. The maximum atomic E-state index is 12.4. The van der Waals surface area contributed by atoms with Gasteiger partial charge < -0.3 is 19.9 Å².